The van der Waals surface area contributed by atoms with Gasteiger partial charge in [-0.25, -0.2) is 0 Å². The molecular formula is C25H27NO6. The largest absolute Gasteiger partial charge is 0.507 e. The zero-order chi connectivity index (χ0) is 23.1. The van der Waals surface area contributed by atoms with E-state index in [1.54, 1.807) is 68.8 Å². The summed E-state index contributed by atoms with van der Waals surface area (Å²) in [6.07, 6.45) is 2.19. The fourth-order valence-corrected chi connectivity index (χ4v) is 3.64. The first kappa shape index (κ1) is 23.1. The highest BCUT2D eigenvalue weighted by Gasteiger charge is 2.45. The lowest BCUT2D eigenvalue weighted by Gasteiger charge is -2.25. The van der Waals surface area contributed by atoms with Crippen LogP contribution in [0.15, 0.2) is 66.8 Å². The number of ketones is 1. The van der Waals surface area contributed by atoms with Gasteiger partial charge in [0.15, 0.2) is 0 Å². The van der Waals surface area contributed by atoms with Crippen molar-refractivity contribution in [2.24, 2.45) is 0 Å². The van der Waals surface area contributed by atoms with Gasteiger partial charge >= 0.3 is 0 Å². The van der Waals surface area contributed by atoms with Gasteiger partial charge in [-0.05, 0) is 48.4 Å². The van der Waals surface area contributed by atoms with Crippen LogP contribution in [0.25, 0.3) is 5.76 Å². The van der Waals surface area contributed by atoms with Crippen LogP contribution < -0.4 is 9.47 Å². The third kappa shape index (κ3) is 4.84. The number of hydrogen-bond donors (Lipinski definition) is 1. The number of carbonyl (C=O) groups excluding carboxylic acids is 2. The monoisotopic (exact) mass is 437 g/mol. The number of ether oxygens (including phenoxy) is 3. The minimum absolute atomic E-state index is 0.0531. The molecule has 7 nitrogen and oxygen atoms in total. The van der Waals surface area contributed by atoms with Crippen LogP contribution in [0.3, 0.4) is 0 Å². The molecular weight excluding hydrogens is 410 g/mol. The van der Waals surface area contributed by atoms with Crippen molar-refractivity contribution in [3.8, 4) is 11.5 Å². The van der Waals surface area contributed by atoms with Crippen molar-refractivity contribution >= 4 is 17.4 Å². The van der Waals surface area contributed by atoms with Gasteiger partial charge < -0.3 is 24.2 Å². The van der Waals surface area contributed by atoms with E-state index in [0.717, 1.165) is 0 Å². The first-order valence-corrected chi connectivity index (χ1v) is 10.3. The quantitative estimate of drug-likeness (QED) is 0.201. The maximum Gasteiger partial charge on any atom is 0.295 e. The number of amides is 1. The standard InChI is InChI=1S/C25H27NO6/c1-4-15-32-20-12-8-18(9-13-20)23(27)21-22(17-6-10-19(31-3)11-7-17)26(14-5-16-30-2)25(29)24(21)28/h4,6-13,22,27H,1,5,14-16H2,2-3H3/t22-/m1/s1. The second-order valence-electron chi connectivity index (χ2n) is 7.24. The topological polar surface area (TPSA) is 85.3 Å². The fraction of sp³-hybridized carbons (Fsp3) is 0.280. The molecule has 2 aromatic rings. The summed E-state index contributed by atoms with van der Waals surface area (Å²) in [5, 5.41) is 11.1. The van der Waals surface area contributed by atoms with Crippen molar-refractivity contribution < 1.29 is 28.9 Å². The fourth-order valence-electron chi connectivity index (χ4n) is 3.64. The first-order chi connectivity index (χ1) is 15.5. The van der Waals surface area contributed by atoms with Crippen molar-refractivity contribution in [2.75, 3.05) is 34.0 Å². The number of rotatable bonds is 10. The lowest BCUT2D eigenvalue weighted by Crippen LogP contribution is -2.31. The molecule has 0 aromatic heterocycles. The van der Waals surface area contributed by atoms with E-state index < -0.39 is 17.7 Å². The van der Waals surface area contributed by atoms with Gasteiger partial charge in [-0.2, -0.15) is 0 Å². The summed E-state index contributed by atoms with van der Waals surface area (Å²) in [5.74, 6) is -0.329. The van der Waals surface area contributed by atoms with Gasteiger partial charge in [-0.3, -0.25) is 9.59 Å². The molecule has 1 heterocycles. The van der Waals surface area contributed by atoms with E-state index >= 15 is 0 Å². The van der Waals surface area contributed by atoms with Crippen LogP contribution >= 0.6 is 0 Å². The van der Waals surface area contributed by atoms with E-state index in [0.29, 0.717) is 48.8 Å². The molecule has 1 N–H and O–H groups in total. The van der Waals surface area contributed by atoms with Crippen LogP contribution in [-0.4, -0.2) is 55.7 Å². The van der Waals surface area contributed by atoms with E-state index in [-0.39, 0.29) is 11.3 Å². The molecule has 0 radical (unpaired) electrons. The summed E-state index contributed by atoms with van der Waals surface area (Å²) in [4.78, 5) is 27.3. The molecule has 1 atom stereocenters. The highest BCUT2D eigenvalue weighted by Crippen LogP contribution is 2.40. The zero-order valence-corrected chi connectivity index (χ0v) is 18.2. The molecule has 0 spiro atoms. The van der Waals surface area contributed by atoms with E-state index in [4.69, 9.17) is 14.2 Å². The Hall–Kier alpha value is -3.58. The Morgan fingerprint density at radius 2 is 1.72 bits per heavy atom. The molecule has 1 saturated heterocycles. The molecule has 2 aromatic carbocycles. The number of carbonyl (C=O) groups is 2. The Balaban J connectivity index is 2.03. The normalized spacial score (nSPS) is 17.4. The summed E-state index contributed by atoms with van der Waals surface area (Å²) >= 11 is 0. The Kier molecular flexibility index (Phi) is 7.68. The molecule has 1 aliphatic rings. The number of likely N-dealkylation sites (tertiary alicyclic amines) is 1. The lowest BCUT2D eigenvalue weighted by molar-refractivity contribution is -0.140. The summed E-state index contributed by atoms with van der Waals surface area (Å²) < 4.78 is 15.8. The summed E-state index contributed by atoms with van der Waals surface area (Å²) in [6, 6.07) is 13.1. The molecule has 0 bridgehead atoms. The maximum atomic E-state index is 13.0. The number of hydrogen-bond acceptors (Lipinski definition) is 6. The number of methoxy groups -OCH3 is 2. The van der Waals surface area contributed by atoms with Crippen LogP contribution in [0.2, 0.25) is 0 Å². The van der Waals surface area contributed by atoms with Gasteiger partial charge in [0.05, 0.1) is 18.7 Å². The van der Waals surface area contributed by atoms with Crippen molar-refractivity contribution in [1.29, 1.82) is 0 Å². The molecule has 1 fully saturated rings. The molecule has 3 rings (SSSR count). The maximum absolute atomic E-state index is 13.0. The minimum atomic E-state index is -0.715. The molecule has 168 valence electrons. The lowest BCUT2D eigenvalue weighted by atomic mass is 9.95. The van der Waals surface area contributed by atoms with Gasteiger partial charge in [-0.1, -0.05) is 24.8 Å². The summed E-state index contributed by atoms with van der Waals surface area (Å²) in [7, 11) is 3.14. The molecule has 7 heteroatoms. The Labute approximate surface area is 187 Å². The number of aliphatic hydroxyl groups is 1. The predicted molar refractivity (Wildman–Crippen MR) is 121 cm³/mol. The van der Waals surface area contributed by atoms with E-state index in [2.05, 4.69) is 6.58 Å². The summed E-state index contributed by atoms with van der Waals surface area (Å²) in [6.45, 7) is 4.73. The van der Waals surface area contributed by atoms with Gasteiger partial charge in [0.25, 0.3) is 11.7 Å². The van der Waals surface area contributed by atoms with Crippen LogP contribution in [-0.2, 0) is 14.3 Å². The molecule has 1 aliphatic heterocycles. The predicted octanol–water partition coefficient (Wildman–Crippen LogP) is 3.72. The van der Waals surface area contributed by atoms with Crippen molar-refractivity contribution in [3.63, 3.8) is 0 Å². The molecule has 1 amide bonds. The van der Waals surface area contributed by atoms with E-state index in [1.165, 1.54) is 4.90 Å². The Morgan fingerprint density at radius 1 is 1.06 bits per heavy atom. The van der Waals surface area contributed by atoms with Crippen molar-refractivity contribution in [3.05, 3.63) is 77.9 Å². The number of aliphatic hydroxyl groups excluding tert-OH is 1. The number of Topliss-reactive ketones (excluding diaryl/α,β-unsaturated/α-hetero) is 1. The van der Waals surface area contributed by atoms with Crippen molar-refractivity contribution in [2.45, 2.75) is 12.5 Å². The van der Waals surface area contributed by atoms with Crippen molar-refractivity contribution in [1.82, 2.24) is 4.90 Å². The van der Waals surface area contributed by atoms with E-state index in [9.17, 15) is 14.7 Å². The number of benzene rings is 2. The van der Waals surface area contributed by atoms with Gasteiger partial charge in [0.2, 0.25) is 0 Å². The van der Waals surface area contributed by atoms with Crippen LogP contribution in [0.4, 0.5) is 0 Å². The second kappa shape index (κ2) is 10.6. The van der Waals surface area contributed by atoms with Gasteiger partial charge in [0, 0.05) is 25.8 Å². The highest BCUT2D eigenvalue weighted by atomic mass is 16.5. The van der Waals surface area contributed by atoms with Gasteiger partial charge in [0.1, 0.15) is 23.9 Å². The van der Waals surface area contributed by atoms with Crippen LogP contribution in [0.5, 0.6) is 11.5 Å². The highest BCUT2D eigenvalue weighted by molar-refractivity contribution is 6.46. The third-order valence-electron chi connectivity index (χ3n) is 5.21. The van der Waals surface area contributed by atoms with E-state index in [1.807, 2.05) is 0 Å². The smallest absolute Gasteiger partial charge is 0.295 e. The minimum Gasteiger partial charge on any atom is -0.507 e. The molecule has 0 unspecified atom stereocenters. The SMILES string of the molecule is C=CCOc1ccc(C(O)=C2C(=O)C(=O)N(CCCOC)[C@@H]2c2ccc(OC)cc2)cc1. The van der Waals surface area contributed by atoms with Crippen LogP contribution in [0.1, 0.15) is 23.6 Å². The average Bonchev–Trinajstić information content (AvgIpc) is 3.08. The Morgan fingerprint density at radius 3 is 2.31 bits per heavy atom. The first-order valence-electron chi connectivity index (χ1n) is 10.3. The molecule has 0 saturated carbocycles. The number of nitrogens with zero attached hydrogens (tertiary/aromatic N) is 1. The Bertz CT molecular complexity index is 994. The second-order valence-corrected chi connectivity index (χ2v) is 7.24. The van der Waals surface area contributed by atoms with Crippen LogP contribution in [0, 0.1) is 0 Å². The zero-order valence-electron chi connectivity index (χ0n) is 18.2. The average molecular weight is 437 g/mol. The molecule has 0 aliphatic carbocycles. The van der Waals surface area contributed by atoms with Gasteiger partial charge in [-0.15, -0.1) is 0 Å². The third-order valence-corrected chi connectivity index (χ3v) is 5.21. The molecule has 32 heavy (non-hydrogen) atoms. The summed E-state index contributed by atoms with van der Waals surface area (Å²) in [5.41, 5.74) is 1.18.